The van der Waals surface area contributed by atoms with Gasteiger partial charge in [0.05, 0.1) is 6.54 Å². The van der Waals surface area contributed by atoms with E-state index in [0.717, 1.165) is 5.56 Å². The Bertz CT molecular complexity index is 1330. The molecule has 152 valence electrons. The van der Waals surface area contributed by atoms with Crippen LogP contribution in [0.1, 0.15) is 27.2 Å². The zero-order chi connectivity index (χ0) is 21.4. The summed E-state index contributed by atoms with van der Waals surface area (Å²) in [7, 11) is 0. The Hall–Kier alpha value is -3.16. The monoisotopic (exact) mass is 441 g/mol. The van der Waals surface area contributed by atoms with Crippen LogP contribution < -0.4 is 10.5 Å². The number of anilines is 1. The topological polar surface area (TPSA) is 83.4 Å². The Balaban J connectivity index is 1.86. The van der Waals surface area contributed by atoms with E-state index in [-0.39, 0.29) is 29.7 Å². The molecule has 7 nitrogen and oxygen atoms in total. The molecule has 1 N–H and O–H groups in total. The first-order valence-corrected chi connectivity index (χ1v) is 9.87. The van der Waals surface area contributed by atoms with Crippen molar-refractivity contribution in [3.05, 3.63) is 91.3 Å². The van der Waals surface area contributed by atoms with Gasteiger partial charge in [-0.15, -0.1) is 0 Å². The fourth-order valence-corrected chi connectivity index (χ4v) is 3.42. The predicted molar refractivity (Wildman–Crippen MR) is 116 cm³/mol. The van der Waals surface area contributed by atoms with Gasteiger partial charge in [-0.3, -0.25) is 19.6 Å². The lowest BCUT2D eigenvalue weighted by Gasteiger charge is -2.20. The molecule has 30 heavy (non-hydrogen) atoms. The Morgan fingerprint density at radius 3 is 2.60 bits per heavy atom. The lowest BCUT2D eigenvalue weighted by atomic mass is 10.1. The van der Waals surface area contributed by atoms with Crippen molar-refractivity contribution < 1.29 is 4.79 Å². The molecule has 0 atom stereocenters. The average molecular weight is 442 g/mol. The summed E-state index contributed by atoms with van der Waals surface area (Å²) in [4.78, 5) is 36.1. The maximum atomic E-state index is 13.4. The molecule has 4 aromatic rings. The minimum atomic E-state index is -0.349. The van der Waals surface area contributed by atoms with E-state index in [1.54, 1.807) is 44.2 Å². The summed E-state index contributed by atoms with van der Waals surface area (Å²) in [5.41, 5.74) is 1.91. The summed E-state index contributed by atoms with van der Waals surface area (Å²) < 4.78 is 1.22. The van der Waals surface area contributed by atoms with Crippen LogP contribution in [-0.2, 0) is 6.54 Å². The maximum absolute atomic E-state index is 13.4. The first-order valence-electron chi connectivity index (χ1n) is 9.12. The molecular weight excluding hydrogens is 425 g/mol. The molecule has 0 saturated heterocycles. The van der Waals surface area contributed by atoms with Crippen LogP contribution in [0.15, 0.2) is 53.3 Å². The molecule has 0 aliphatic heterocycles. The summed E-state index contributed by atoms with van der Waals surface area (Å²) in [6, 6.07) is 13.8. The van der Waals surface area contributed by atoms with Crippen molar-refractivity contribution in [2.75, 3.05) is 4.90 Å². The molecule has 0 aliphatic carbocycles. The van der Waals surface area contributed by atoms with Gasteiger partial charge in [0, 0.05) is 26.9 Å². The largest absolute Gasteiger partial charge is 0.277 e. The van der Waals surface area contributed by atoms with E-state index in [9.17, 15) is 9.59 Å². The molecule has 2 aromatic carbocycles. The van der Waals surface area contributed by atoms with Gasteiger partial charge >= 0.3 is 0 Å². The van der Waals surface area contributed by atoms with Gasteiger partial charge in [-0.25, -0.2) is 4.98 Å². The summed E-state index contributed by atoms with van der Waals surface area (Å²) in [6.45, 7) is 3.57. The number of amides is 1. The van der Waals surface area contributed by atoms with Gasteiger partial charge < -0.3 is 0 Å². The number of rotatable bonds is 4. The number of carbonyl (C=O) groups excluding carboxylic acids is 1. The number of H-pyrrole nitrogens is 1. The van der Waals surface area contributed by atoms with E-state index in [1.807, 2.05) is 18.2 Å². The number of nitrogens with one attached hydrogen (secondary N) is 1. The normalized spacial score (nSPS) is 11.1. The SMILES string of the molecule is Cc1nc2nc(N(Cc3ccccc3Cl)C(=O)c3cccc(Cl)c3)[nH]n2c(=O)c1C. The van der Waals surface area contributed by atoms with Crippen LogP contribution in [0.5, 0.6) is 0 Å². The van der Waals surface area contributed by atoms with Crippen molar-refractivity contribution >= 4 is 40.8 Å². The van der Waals surface area contributed by atoms with Gasteiger partial charge in [0.1, 0.15) is 0 Å². The quantitative estimate of drug-likeness (QED) is 0.514. The molecule has 0 bridgehead atoms. The molecule has 2 heterocycles. The summed E-state index contributed by atoms with van der Waals surface area (Å²) in [5, 5.41) is 3.85. The smallest absolute Gasteiger partial charge is 0.272 e. The molecule has 9 heteroatoms. The average Bonchev–Trinajstić information content (AvgIpc) is 3.14. The van der Waals surface area contributed by atoms with Gasteiger partial charge in [-0.05, 0) is 43.7 Å². The van der Waals surface area contributed by atoms with Crippen molar-refractivity contribution in [3.8, 4) is 0 Å². The number of hydrogen-bond acceptors (Lipinski definition) is 4. The molecule has 0 aliphatic rings. The third-order valence-corrected chi connectivity index (χ3v) is 5.41. The summed E-state index contributed by atoms with van der Waals surface area (Å²) in [5.74, 6) is 0.00798. The first kappa shape index (κ1) is 20.1. The van der Waals surface area contributed by atoms with Gasteiger partial charge in [0.25, 0.3) is 17.2 Å². The number of aromatic nitrogens is 4. The Morgan fingerprint density at radius 1 is 1.10 bits per heavy atom. The maximum Gasteiger partial charge on any atom is 0.277 e. The van der Waals surface area contributed by atoms with E-state index in [4.69, 9.17) is 23.2 Å². The number of hydrogen-bond donors (Lipinski definition) is 1. The van der Waals surface area contributed by atoms with Crippen LogP contribution in [0.4, 0.5) is 5.95 Å². The number of nitrogens with zero attached hydrogens (tertiary/aromatic N) is 4. The fourth-order valence-electron chi connectivity index (χ4n) is 3.03. The van der Waals surface area contributed by atoms with E-state index in [1.165, 1.54) is 9.42 Å². The number of carbonyl (C=O) groups is 1. The molecule has 0 unspecified atom stereocenters. The number of aryl methyl sites for hydroxylation is 1. The second kappa shape index (κ2) is 7.93. The van der Waals surface area contributed by atoms with Crippen molar-refractivity contribution in [3.63, 3.8) is 0 Å². The molecule has 0 saturated carbocycles. The van der Waals surface area contributed by atoms with Crippen molar-refractivity contribution in [2.45, 2.75) is 20.4 Å². The highest BCUT2D eigenvalue weighted by Gasteiger charge is 2.23. The number of benzene rings is 2. The van der Waals surface area contributed by atoms with Crippen LogP contribution in [0.2, 0.25) is 10.0 Å². The highest BCUT2D eigenvalue weighted by Crippen LogP contribution is 2.23. The Morgan fingerprint density at radius 2 is 1.87 bits per heavy atom. The van der Waals surface area contributed by atoms with E-state index < -0.39 is 0 Å². The van der Waals surface area contributed by atoms with Gasteiger partial charge in [-0.1, -0.05) is 47.5 Å². The van der Waals surface area contributed by atoms with Crippen LogP contribution in [0.3, 0.4) is 0 Å². The molecular formula is C21H17Cl2N5O2. The number of aromatic amines is 1. The minimum Gasteiger partial charge on any atom is -0.272 e. The number of halogens is 2. The highest BCUT2D eigenvalue weighted by molar-refractivity contribution is 6.31. The van der Waals surface area contributed by atoms with Gasteiger partial charge in [0.15, 0.2) is 0 Å². The number of fused-ring (bicyclic) bond motifs is 1. The zero-order valence-electron chi connectivity index (χ0n) is 16.2. The van der Waals surface area contributed by atoms with Crippen LogP contribution in [-0.4, -0.2) is 25.5 Å². The second-order valence-corrected chi connectivity index (χ2v) is 7.65. The Kier molecular flexibility index (Phi) is 5.32. The minimum absolute atomic E-state index is 0.136. The first-order chi connectivity index (χ1) is 14.3. The predicted octanol–water partition coefficient (Wildman–Crippen LogP) is 4.19. The lowest BCUT2D eigenvalue weighted by molar-refractivity contribution is 0.0983. The molecule has 1 amide bonds. The van der Waals surface area contributed by atoms with Crippen LogP contribution in [0.25, 0.3) is 5.78 Å². The molecule has 0 spiro atoms. The standard InChI is InChI=1S/C21H17Cl2N5O2/c1-12-13(2)24-20-25-21(26-28(20)18(12)29)27(11-15-6-3-4-9-17(15)23)19(30)14-7-5-8-16(22)10-14/h3-10H,11H2,1-2H3,(H,24,25,26). The van der Waals surface area contributed by atoms with Crippen LogP contribution >= 0.6 is 23.2 Å². The third-order valence-electron chi connectivity index (χ3n) is 4.81. The van der Waals surface area contributed by atoms with E-state index in [0.29, 0.717) is 26.9 Å². The molecule has 4 rings (SSSR count). The van der Waals surface area contributed by atoms with E-state index >= 15 is 0 Å². The molecule has 0 fully saturated rings. The Labute approximate surface area is 181 Å². The fraction of sp³-hybridized carbons (Fsp3) is 0.143. The van der Waals surface area contributed by atoms with E-state index in [2.05, 4.69) is 15.1 Å². The van der Waals surface area contributed by atoms with Crippen molar-refractivity contribution in [1.29, 1.82) is 0 Å². The third kappa shape index (κ3) is 3.69. The van der Waals surface area contributed by atoms with Crippen LogP contribution in [0, 0.1) is 13.8 Å². The van der Waals surface area contributed by atoms with Crippen molar-refractivity contribution in [2.24, 2.45) is 0 Å². The zero-order valence-corrected chi connectivity index (χ0v) is 17.7. The highest BCUT2D eigenvalue weighted by atomic mass is 35.5. The summed E-state index contributed by atoms with van der Waals surface area (Å²) >= 11 is 12.4. The second-order valence-electron chi connectivity index (χ2n) is 6.80. The van der Waals surface area contributed by atoms with Crippen molar-refractivity contribution in [1.82, 2.24) is 19.6 Å². The molecule has 0 radical (unpaired) electrons. The summed E-state index contributed by atoms with van der Waals surface area (Å²) in [6.07, 6.45) is 0. The van der Waals surface area contributed by atoms with Gasteiger partial charge in [-0.2, -0.15) is 9.50 Å². The van der Waals surface area contributed by atoms with Gasteiger partial charge in [0.2, 0.25) is 5.95 Å². The molecule has 2 aromatic heterocycles. The lowest BCUT2D eigenvalue weighted by Crippen LogP contribution is -2.31.